The molecule has 1 atom stereocenters. The number of anilines is 1. The summed E-state index contributed by atoms with van der Waals surface area (Å²) in [5.41, 5.74) is 1.28. The van der Waals surface area contributed by atoms with Crippen molar-refractivity contribution in [1.82, 2.24) is 9.78 Å². The van der Waals surface area contributed by atoms with Crippen molar-refractivity contribution in [2.45, 2.75) is 71.3 Å². The van der Waals surface area contributed by atoms with Crippen LogP contribution in [-0.2, 0) is 6.42 Å². The molecule has 0 saturated heterocycles. The molecule has 1 saturated carbocycles. The second-order valence-electron chi connectivity index (χ2n) is 7.08. The van der Waals surface area contributed by atoms with Gasteiger partial charge in [0.1, 0.15) is 5.82 Å². The fraction of sp³-hybridized carbons (Fsp3) is 0.824. The predicted octanol–water partition coefficient (Wildman–Crippen LogP) is 4.41. The van der Waals surface area contributed by atoms with Crippen LogP contribution in [0.25, 0.3) is 0 Å². The van der Waals surface area contributed by atoms with Gasteiger partial charge in [0.25, 0.3) is 0 Å². The van der Waals surface area contributed by atoms with Crippen molar-refractivity contribution in [2.24, 2.45) is 11.8 Å². The average Bonchev–Trinajstić information content (AvgIpc) is 2.89. The lowest BCUT2D eigenvalue weighted by Crippen LogP contribution is -2.30. The van der Waals surface area contributed by atoms with Gasteiger partial charge in [-0.05, 0) is 43.9 Å². The Morgan fingerprint density at radius 2 is 2.05 bits per heavy atom. The lowest BCUT2D eigenvalue weighted by atomic mass is 9.82. The van der Waals surface area contributed by atoms with Crippen molar-refractivity contribution in [2.75, 3.05) is 11.9 Å². The molecule has 112 valence electrons. The van der Waals surface area contributed by atoms with E-state index in [2.05, 4.69) is 29.9 Å². The van der Waals surface area contributed by atoms with Crippen LogP contribution in [0.1, 0.15) is 70.5 Å². The van der Waals surface area contributed by atoms with Crippen LogP contribution in [0.15, 0.2) is 6.07 Å². The number of aromatic nitrogens is 2. The Morgan fingerprint density at radius 1 is 1.25 bits per heavy atom. The second kappa shape index (κ2) is 6.19. The van der Waals surface area contributed by atoms with E-state index in [0.29, 0.717) is 6.04 Å². The van der Waals surface area contributed by atoms with Gasteiger partial charge in [0.15, 0.2) is 0 Å². The summed E-state index contributed by atoms with van der Waals surface area (Å²) in [7, 11) is 0. The van der Waals surface area contributed by atoms with Crippen LogP contribution in [0.2, 0.25) is 0 Å². The largest absolute Gasteiger partial charge is 0.370 e. The molecule has 0 aromatic carbocycles. The molecule has 1 unspecified atom stereocenters. The number of hydrogen-bond acceptors (Lipinski definition) is 2. The zero-order valence-electron chi connectivity index (χ0n) is 13.1. The summed E-state index contributed by atoms with van der Waals surface area (Å²) >= 11 is 0. The first-order valence-corrected chi connectivity index (χ1v) is 8.56. The van der Waals surface area contributed by atoms with Gasteiger partial charge >= 0.3 is 0 Å². The van der Waals surface area contributed by atoms with Gasteiger partial charge in [0.05, 0.1) is 11.7 Å². The molecule has 3 nitrogen and oxygen atoms in total. The monoisotopic (exact) mass is 275 g/mol. The van der Waals surface area contributed by atoms with E-state index in [0.717, 1.165) is 24.8 Å². The minimum Gasteiger partial charge on any atom is -0.370 e. The molecule has 20 heavy (non-hydrogen) atoms. The second-order valence-corrected chi connectivity index (χ2v) is 7.08. The Bertz CT molecular complexity index is 429. The first kappa shape index (κ1) is 14.0. The van der Waals surface area contributed by atoms with E-state index >= 15 is 0 Å². The van der Waals surface area contributed by atoms with Crippen molar-refractivity contribution in [3.05, 3.63) is 11.8 Å². The Morgan fingerprint density at radius 3 is 2.80 bits per heavy atom. The molecular formula is C17H29N3. The highest BCUT2D eigenvalue weighted by atomic mass is 15.4. The Balaban J connectivity index is 1.73. The molecule has 0 bridgehead atoms. The summed E-state index contributed by atoms with van der Waals surface area (Å²) in [6.45, 7) is 5.70. The van der Waals surface area contributed by atoms with Gasteiger partial charge in [-0.1, -0.05) is 33.1 Å². The number of hydrogen-bond donors (Lipinski definition) is 1. The smallest absolute Gasteiger partial charge is 0.124 e. The summed E-state index contributed by atoms with van der Waals surface area (Å²) in [6, 6.07) is 2.94. The lowest BCUT2D eigenvalue weighted by Gasteiger charge is -2.34. The summed E-state index contributed by atoms with van der Waals surface area (Å²) in [6.07, 6.45) is 10.7. The molecule has 1 aliphatic heterocycles. The summed E-state index contributed by atoms with van der Waals surface area (Å²) < 4.78 is 2.33. The van der Waals surface area contributed by atoms with Crippen LogP contribution in [0, 0.1) is 11.8 Å². The zero-order chi connectivity index (χ0) is 13.9. The summed E-state index contributed by atoms with van der Waals surface area (Å²) in [5.74, 6) is 2.89. The number of nitrogens with zero attached hydrogens (tertiary/aromatic N) is 2. The summed E-state index contributed by atoms with van der Waals surface area (Å²) in [4.78, 5) is 0. The molecular weight excluding hydrogens is 246 g/mol. The van der Waals surface area contributed by atoms with Gasteiger partial charge < -0.3 is 5.32 Å². The van der Waals surface area contributed by atoms with E-state index < -0.39 is 0 Å². The Labute approximate surface area is 123 Å². The predicted molar refractivity (Wildman–Crippen MR) is 84.1 cm³/mol. The number of fused-ring (bicyclic) bond motifs is 1. The molecule has 1 aromatic heterocycles. The van der Waals surface area contributed by atoms with Gasteiger partial charge in [-0.25, -0.2) is 4.68 Å². The highest BCUT2D eigenvalue weighted by Crippen LogP contribution is 2.38. The Kier molecular flexibility index (Phi) is 4.32. The van der Waals surface area contributed by atoms with Gasteiger partial charge in [0, 0.05) is 12.6 Å². The molecule has 1 aliphatic carbocycles. The molecule has 2 heterocycles. The maximum absolute atomic E-state index is 4.93. The molecule has 0 amide bonds. The van der Waals surface area contributed by atoms with Crippen LogP contribution in [0.4, 0.5) is 5.82 Å². The minimum absolute atomic E-state index is 0.652. The van der Waals surface area contributed by atoms with Gasteiger partial charge in [0.2, 0.25) is 0 Å². The maximum atomic E-state index is 4.93. The van der Waals surface area contributed by atoms with Crippen molar-refractivity contribution in [3.63, 3.8) is 0 Å². The number of nitrogens with one attached hydrogen (secondary N) is 1. The third kappa shape index (κ3) is 3.02. The van der Waals surface area contributed by atoms with Crippen LogP contribution >= 0.6 is 0 Å². The number of aryl methyl sites for hydroxylation is 1. The highest BCUT2D eigenvalue weighted by Gasteiger charge is 2.29. The van der Waals surface area contributed by atoms with Crippen LogP contribution < -0.4 is 5.32 Å². The quantitative estimate of drug-likeness (QED) is 0.882. The molecule has 3 rings (SSSR count). The van der Waals surface area contributed by atoms with E-state index in [4.69, 9.17) is 5.10 Å². The van der Waals surface area contributed by atoms with E-state index in [1.54, 1.807) is 0 Å². The van der Waals surface area contributed by atoms with Crippen molar-refractivity contribution >= 4 is 5.82 Å². The standard InChI is InChI=1S/C17H29N3/c1-13(2)8-9-15-12-17-18-11-10-16(20(17)19-15)14-6-4-3-5-7-14/h12-14,16,18H,3-11H2,1-2H3. The van der Waals surface area contributed by atoms with Crippen LogP contribution in [0.5, 0.6) is 0 Å². The normalized spacial score (nSPS) is 23.6. The molecule has 1 N–H and O–H groups in total. The molecule has 0 radical (unpaired) electrons. The lowest BCUT2D eigenvalue weighted by molar-refractivity contribution is 0.222. The fourth-order valence-electron chi connectivity index (χ4n) is 3.81. The van der Waals surface area contributed by atoms with Crippen molar-refractivity contribution < 1.29 is 0 Å². The minimum atomic E-state index is 0.652. The van der Waals surface area contributed by atoms with E-state index in [1.807, 2.05) is 0 Å². The SMILES string of the molecule is CC(C)CCc1cc2n(n1)C(C1CCCCC1)CCN2. The molecule has 1 aromatic rings. The zero-order valence-corrected chi connectivity index (χ0v) is 13.1. The van der Waals surface area contributed by atoms with Crippen molar-refractivity contribution in [3.8, 4) is 0 Å². The first-order valence-electron chi connectivity index (χ1n) is 8.56. The average molecular weight is 275 g/mol. The fourth-order valence-corrected chi connectivity index (χ4v) is 3.81. The van der Waals surface area contributed by atoms with Crippen LogP contribution in [0.3, 0.4) is 0 Å². The van der Waals surface area contributed by atoms with Gasteiger partial charge in [-0.15, -0.1) is 0 Å². The van der Waals surface area contributed by atoms with E-state index in [-0.39, 0.29) is 0 Å². The Hall–Kier alpha value is -0.990. The third-order valence-corrected chi connectivity index (χ3v) is 5.02. The number of rotatable bonds is 4. The van der Waals surface area contributed by atoms with E-state index in [1.165, 1.54) is 56.5 Å². The highest BCUT2D eigenvalue weighted by molar-refractivity contribution is 5.39. The summed E-state index contributed by atoms with van der Waals surface area (Å²) in [5, 5.41) is 8.47. The first-order chi connectivity index (χ1) is 9.74. The third-order valence-electron chi connectivity index (χ3n) is 5.02. The molecule has 2 aliphatic rings. The van der Waals surface area contributed by atoms with Crippen LogP contribution in [-0.4, -0.2) is 16.3 Å². The molecule has 1 fully saturated rings. The maximum Gasteiger partial charge on any atom is 0.124 e. The van der Waals surface area contributed by atoms with E-state index in [9.17, 15) is 0 Å². The molecule has 0 spiro atoms. The topological polar surface area (TPSA) is 29.9 Å². The van der Waals surface area contributed by atoms with Gasteiger partial charge in [-0.2, -0.15) is 5.10 Å². The van der Waals surface area contributed by atoms with Crippen molar-refractivity contribution in [1.29, 1.82) is 0 Å². The molecule has 3 heteroatoms. The van der Waals surface area contributed by atoms with Gasteiger partial charge in [-0.3, -0.25) is 0 Å².